The van der Waals surface area contributed by atoms with Gasteiger partial charge in [-0.05, 0) is 18.8 Å². The molecule has 1 N–H and O–H groups in total. The van der Waals surface area contributed by atoms with E-state index >= 15 is 0 Å². The molecular formula is C15H26N2O3. The predicted octanol–water partition coefficient (Wildman–Crippen LogP) is 1.29. The number of amides is 1. The number of hydrogen-bond donors (Lipinski definition) is 1. The van der Waals surface area contributed by atoms with Crippen LogP contribution in [0.1, 0.15) is 33.1 Å². The third kappa shape index (κ3) is 3.51. The number of nitrogens with zero attached hydrogens (tertiary/aromatic N) is 2. The average Bonchev–Trinajstić information content (AvgIpc) is 2.87. The van der Waals surface area contributed by atoms with E-state index in [-0.39, 0.29) is 11.8 Å². The van der Waals surface area contributed by atoms with Crippen LogP contribution < -0.4 is 0 Å². The summed E-state index contributed by atoms with van der Waals surface area (Å²) >= 11 is 0. The topological polar surface area (TPSA) is 60.9 Å². The van der Waals surface area contributed by atoms with Crippen molar-refractivity contribution in [3.8, 4) is 0 Å². The van der Waals surface area contributed by atoms with Crippen molar-refractivity contribution in [2.75, 3.05) is 32.7 Å². The van der Waals surface area contributed by atoms with Gasteiger partial charge in [0, 0.05) is 32.7 Å². The molecule has 1 aliphatic carbocycles. The fourth-order valence-electron chi connectivity index (χ4n) is 3.45. The van der Waals surface area contributed by atoms with E-state index in [4.69, 9.17) is 0 Å². The molecule has 1 aliphatic heterocycles. The Morgan fingerprint density at radius 3 is 2.25 bits per heavy atom. The minimum Gasteiger partial charge on any atom is -0.481 e. The fraction of sp³-hybridized carbons (Fsp3) is 0.867. The van der Waals surface area contributed by atoms with E-state index in [1.165, 1.54) is 0 Å². The number of piperazine rings is 1. The van der Waals surface area contributed by atoms with Crippen molar-refractivity contribution in [3.63, 3.8) is 0 Å². The molecule has 5 heteroatoms. The summed E-state index contributed by atoms with van der Waals surface area (Å²) in [4.78, 5) is 27.9. The summed E-state index contributed by atoms with van der Waals surface area (Å²) in [6.07, 6.45) is 2.25. The molecule has 2 atom stereocenters. The van der Waals surface area contributed by atoms with Crippen LogP contribution in [0, 0.1) is 17.8 Å². The summed E-state index contributed by atoms with van der Waals surface area (Å²) in [5.74, 6) is -0.845. The second-order valence-electron chi connectivity index (χ2n) is 6.50. The second-order valence-corrected chi connectivity index (χ2v) is 6.50. The fourth-order valence-corrected chi connectivity index (χ4v) is 3.45. The molecule has 1 saturated heterocycles. The molecule has 2 aliphatic rings. The van der Waals surface area contributed by atoms with E-state index in [0.29, 0.717) is 12.3 Å². The van der Waals surface area contributed by atoms with Gasteiger partial charge in [0.15, 0.2) is 0 Å². The van der Waals surface area contributed by atoms with E-state index in [9.17, 15) is 14.7 Å². The van der Waals surface area contributed by atoms with Crippen molar-refractivity contribution >= 4 is 11.9 Å². The molecule has 0 aromatic carbocycles. The first-order chi connectivity index (χ1) is 9.49. The summed E-state index contributed by atoms with van der Waals surface area (Å²) in [5.41, 5.74) is 0. The highest BCUT2D eigenvalue weighted by molar-refractivity contribution is 5.85. The smallest absolute Gasteiger partial charge is 0.307 e. The van der Waals surface area contributed by atoms with Crippen LogP contribution in [0.4, 0.5) is 0 Å². The molecule has 1 heterocycles. The zero-order valence-corrected chi connectivity index (χ0v) is 12.5. The summed E-state index contributed by atoms with van der Waals surface area (Å²) in [6.45, 7) is 8.79. The molecule has 1 saturated carbocycles. The van der Waals surface area contributed by atoms with Gasteiger partial charge in [0.2, 0.25) is 5.91 Å². The molecule has 5 nitrogen and oxygen atoms in total. The maximum Gasteiger partial charge on any atom is 0.307 e. The first kappa shape index (κ1) is 15.3. The summed E-state index contributed by atoms with van der Waals surface area (Å²) < 4.78 is 0. The Morgan fingerprint density at radius 1 is 1.10 bits per heavy atom. The van der Waals surface area contributed by atoms with Crippen LogP contribution in [-0.2, 0) is 9.59 Å². The van der Waals surface area contributed by atoms with E-state index in [1.54, 1.807) is 0 Å². The van der Waals surface area contributed by atoms with E-state index in [2.05, 4.69) is 18.7 Å². The number of hydrogen-bond acceptors (Lipinski definition) is 3. The lowest BCUT2D eigenvalue weighted by atomic mass is 9.94. The quantitative estimate of drug-likeness (QED) is 0.844. The average molecular weight is 282 g/mol. The molecule has 2 fully saturated rings. The van der Waals surface area contributed by atoms with Gasteiger partial charge in [-0.1, -0.05) is 20.3 Å². The Balaban J connectivity index is 1.87. The van der Waals surface area contributed by atoms with Crippen molar-refractivity contribution < 1.29 is 14.7 Å². The third-order valence-electron chi connectivity index (χ3n) is 4.46. The van der Waals surface area contributed by atoms with E-state index in [0.717, 1.165) is 45.6 Å². The largest absolute Gasteiger partial charge is 0.481 e. The van der Waals surface area contributed by atoms with E-state index < -0.39 is 11.9 Å². The number of carboxylic acid groups (broad SMARTS) is 1. The van der Waals surface area contributed by atoms with Gasteiger partial charge in [0.05, 0.1) is 11.8 Å². The van der Waals surface area contributed by atoms with Crippen molar-refractivity contribution in [3.05, 3.63) is 0 Å². The monoisotopic (exact) mass is 282 g/mol. The summed E-state index contributed by atoms with van der Waals surface area (Å²) in [6, 6.07) is 0. The molecule has 0 aromatic rings. The summed E-state index contributed by atoms with van der Waals surface area (Å²) in [5, 5.41) is 9.19. The van der Waals surface area contributed by atoms with Crippen LogP contribution in [0.2, 0.25) is 0 Å². The van der Waals surface area contributed by atoms with Gasteiger partial charge >= 0.3 is 5.97 Å². The number of rotatable bonds is 4. The molecule has 0 spiro atoms. The predicted molar refractivity (Wildman–Crippen MR) is 76.3 cm³/mol. The normalized spacial score (nSPS) is 28.1. The van der Waals surface area contributed by atoms with Crippen LogP contribution in [0.25, 0.3) is 0 Å². The molecule has 20 heavy (non-hydrogen) atoms. The highest BCUT2D eigenvalue weighted by Crippen LogP contribution is 2.33. The number of carboxylic acids is 1. The maximum atomic E-state index is 12.5. The van der Waals surface area contributed by atoms with Crippen LogP contribution in [-0.4, -0.2) is 59.5 Å². The van der Waals surface area contributed by atoms with Crippen molar-refractivity contribution in [1.29, 1.82) is 0 Å². The minimum absolute atomic E-state index is 0.0686. The van der Waals surface area contributed by atoms with Crippen LogP contribution in [0.3, 0.4) is 0 Å². The Hall–Kier alpha value is -1.10. The van der Waals surface area contributed by atoms with Gasteiger partial charge in [-0.2, -0.15) is 0 Å². The Morgan fingerprint density at radius 2 is 1.70 bits per heavy atom. The maximum absolute atomic E-state index is 12.5. The van der Waals surface area contributed by atoms with Gasteiger partial charge in [-0.3, -0.25) is 14.5 Å². The van der Waals surface area contributed by atoms with Gasteiger partial charge in [0.25, 0.3) is 0 Å². The first-order valence-corrected chi connectivity index (χ1v) is 7.73. The van der Waals surface area contributed by atoms with Gasteiger partial charge in [-0.15, -0.1) is 0 Å². The first-order valence-electron chi connectivity index (χ1n) is 7.73. The Bertz CT molecular complexity index is 362. The van der Waals surface area contributed by atoms with Gasteiger partial charge < -0.3 is 10.0 Å². The van der Waals surface area contributed by atoms with Gasteiger partial charge in [0.1, 0.15) is 0 Å². The lowest BCUT2D eigenvalue weighted by Crippen LogP contribution is -2.51. The van der Waals surface area contributed by atoms with Crippen LogP contribution >= 0.6 is 0 Å². The van der Waals surface area contributed by atoms with Crippen molar-refractivity contribution in [1.82, 2.24) is 9.80 Å². The van der Waals surface area contributed by atoms with Crippen LogP contribution in [0.15, 0.2) is 0 Å². The molecule has 0 radical (unpaired) electrons. The standard InChI is InChI=1S/C15H26N2O3/c1-11(2)10-16-6-8-17(9-7-16)14(18)12-4-3-5-13(12)15(19)20/h11-13H,3-10H2,1-2H3,(H,19,20). The zero-order valence-electron chi connectivity index (χ0n) is 12.5. The molecule has 0 bridgehead atoms. The van der Waals surface area contributed by atoms with E-state index in [1.807, 2.05) is 4.90 Å². The number of aliphatic carboxylic acids is 1. The Kier molecular flexibility index (Phi) is 5.02. The Labute approximate surface area is 120 Å². The number of carbonyl (C=O) groups excluding carboxylic acids is 1. The van der Waals surface area contributed by atoms with Crippen molar-refractivity contribution in [2.45, 2.75) is 33.1 Å². The molecule has 0 aromatic heterocycles. The number of carbonyl (C=O) groups is 2. The SMILES string of the molecule is CC(C)CN1CCN(C(=O)C2CCCC2C(=O)O)CC1. The van der Waals surface area contributed by atoms with Gasteiger partial charge in [-0.25, -0.2) is 0 Å². The molecule has 2 rings (SSSR count). The zero-order chi connectivity index (χ0) is 14.7. The van der Waals surface area contributed by atoms with Crippen LogP contribution in [0.5, 0.6) is 0 Å². The second kappa shape index (κ2) is 6.57. The molecular weight excluding hydrogens is 256 g/mol. The lowest BCUT2D eigenvalue weighted by Gasteiger charge is -2.37. The minimum atomic E-state index is -0.806. The molecule has 1 amide bonds. The summed E-state index contributed by atoms with van der Waals surface area (Å²) in [7, 11) is 0. The highest BCUT2D eigenvalue weighted by Gasteiger charge is 2.40. The highest BCUT2D eigenvalue weighted by atomic mass is 16.4. The lowest BCUT2D eigenvalue weighted by molar-refractivity contribution is -0.149. The van der Waals surface area contributed by atoms with Crippen molar-refractivity contribution in [2.24, 2.45) is 17.8 Å². The third-order valence-corrected chi connectivity index (χ3v) is 4.46. The molecule has 114 valence electrons. The molecule has 2 unspecified atom stereocenters.